The Balaban J connectivity index is 1.64. The van der Waals surface area contributed by atoms with E-state index in [2.05, 4.69) is 5.32 Å². The fourth-order valence-corrected chi connectivity index (χ4v) is 4.02. The number of hydrogen-bond donors (Lipinski definition) is 3. The molecule has 3 aromatic carbocycles. The van der Waals surface area contributed by atoms with Gasteiger partial charge in [0.1, 0.15) is 17.1 Å². The van der Waals surface area contributed by atoms with Gasteiger partial charge in [-0.15, -0.1) is 0 Å². The van der Waals surface area contributed by atoms with Gasteiger partial charge in [0.15, 0.2) is 11.5 Å². The molecule has 1 unspecified atom stereocenters. The molecule has 8 heteroatoms. The Morgan fingerprint density at radius 3 is 2.54 bits per heavy atom. The number of halogens is 1. The molecule has 0 bridgehead atoms. The first-order valence-corrected chi connectivity index (χ1v) is 11.0. The molecule has 1 heterocycles. The summed E-state index contributed by atoms with van der Waals surface area (Å²) in [5.41, 5.74) is 0.646. The zero-order valence-corrected chi connectivity index (χ0v) is 19.0. The highest BCUT2D eigenvalue weighted by molar-refractivity contribution is 5.85. The number of para-hydroxylation sites is 1. The van der Waals surface area contributed by atoms with Gasteiger partial charge >= 0.3 is 5.63 Å². The van der Waals surface area contributed by atoms with Gasteiger partial charge in [0, 0.05) is 18.9 Å². The van der Waals surface area contributed by atoms with Crippen LogP contribution in [0.15, 0.2) is 75.9 Å². The number of phenols is 1. The fourth-order valence-electron chi connectivity index (χ4n) is 4.02. The van der Waals surface area contributed by atoms with E-state index in [1.54, 1.807) is 42.5 Å². The third kappa shape index (κ3) is 5.27. The maximum absolute atomic E-state index is 13.1. The van der Waals surface area contributed by atoms with Crippen molar-refractivity contribution in [1.82, 2.24) is 5.32 Å². The van der Waals surface area contributed by atoms with E-state index in [1.807, 2.05) is 0 Å². The van der Waals surface area contributed by atoms with E-state index in [-0.39, 0.29) is 46.5 Å². The summed E-state index contributed by atoms with van der Waals surface area (Å²) in [5.74, 6) is -1.84. The second-order valence-corrected chi connectivity index (χ2v) is 8.06. The molecule has 0 saturated carbocycles. The maximum atomic E-state index is 13.1. The number of fused-ring (bicyclic) bond motifs is 1. The number of nitrogens with one attached hydrogen (secondary N) is 1. The number of phenolic OH excluding ortho intramolecular Hbond substituents is 1. The third-order valence-corrected chi connectivity index (χ3v) is 5.81. The molecule has 1 aromatic heterocycles. The lowest BCUT2D eigenvalue weighted by Crippen LogP contribution is -2.28. The summed E-state index contributed by atoms with van der Waals surface area (Å²) >= 11 is 0. The zero-order chi connectivity index (χ0) is 24.9. The second-order valence-electron chi connectivity index (χ2n) is 8.06. The molecule has 0 saturated heterocycles. The van der Waals surface area contributed by atoms with Crippen molar-refractivity contribution in [2.24, 2.45) is 0 Å². The van der Waals surface area contributed by atoms with Crippen molar-refractivity contribution in [1.29, 1.82) is 0 Å². The summed E-state index contributed by atoms with van der Waals surface area (Å²) in [5, 5.41) is 24.4. The van der Waals surface area contributed by atoms with Crippen molar-refractivity contribution in [3.63, 3.8) is 0 Å². The molecule has 4 rings (SSSR count). The van der Waals surface area contributed by atoms with Crippen LogP contribution in [0.1, 0.15) is 29.0 Å². The van der Waals surface area contributed by atoms with Gasteiger partial charge in [0.05, 0.1) is 18.1 Å². The Kier molecular flexibility index (Phi) is 7.01. The molecule has 0 aliphatic carbocycles. The summed E-state index contributed by atoms with van der Waals surface area (Å²) in [6, 6.07) is 17.1. The van der Waals surface area contributed by atoms with Gasteiger partial charge in [-0.25, -0.2) is 9.18 Å². The van der Waals surface area contributed by atoms with E-state index in [4.69, 9.17) is 9.15 Å². The molecule has 180 valence electrons. The molecule has 0 radical (unpaired) electrons. The van der Waals surface area contributed by atoms with E-state index in [1.165, 1.54) is 31.4 Å². The number of ether oxygens (including phenoxy) is 1. The number of benzene rings is 3. The summed E-state index contributed by atoms with van der Waals surface area (Å²) in [4.78, 5) is 25.8. The van der Waals surface area contributed by atoms with Crippen molar-refractivity contribution < 1.29 is 28.6 Å². The molecule has 0 aliphatic rings. The van der Waals surface area contributed by atoms with E-state index in [9.17, 15) is 24.2 Å². The smallest absolute Gasteiger partial charge is 0.343 e. The molecular weight excluding hydrogens is 453 g/mol. The highest BCUT2D eigenvalue weighted by Crippen LogP contribution is 2.38. The normalized spacial score (nSPS) is 11.8. The van der Waals surface area contributed by atoms with E-state index in [0.717, 1.165) is 5.56 Å². The minimum atomic E-state index is -0.904. The molecule has 0 aliphatic heterocycles. The minimum absolute atomic E-state index is 0.0815. The van der Waals surface area contributed by atoms with Crippen LogP contribution in [0.3, 0.4) is 0 Å². The summed E-state index contributed by atoms with van der Waals surface area (Å²) in [6.45, 7) is 0.295. The molecular formula is C27H24FNO6. The molecule has 1 amide bonds. The van der Waals surface area contributed by atoms with Crippen LogP contribution in [0.2, 0.25) is 0 Å². The van der Waals surface area contributed by atoms with Crippen LogP contribution in [0.4, 0.5) is 4.39 Å². The topological polar surface area (TPSA) is 109 Å². The Labute approximate surface area is 200 Å². The van der Waals surface area contributed by atoms with Crippen LogP contribution in [-0.2, 0) is 11.2 Å². The lowest BCUT2D eigenvalue weighted by atomic mass is 9.87. The molecule has 0 spiro atoms. The second kappa shape index (κ2) is 10.3. The number of amides is 1. The van der Waals surface area contributed by atoms with Gasteiger partial charge in [0.25, 0.3) is 0 Å². The van der Waals surface area contributed by atoms with Crippen LogP contribution < -0.4 is 15.7 Å². The van der Waals surface area contributed by atoms with E-state index >= 15 is 0 Å². The SMILES string of the molecule is COc1ccc(C(CC(=O)NCCc2ccc(F)cc2)c2c(O)c3ccccc3oc2=O)cc1O. The third-order valence-electron chi connectivity index (χ3n) is 5.81. The predicted octanol–water partition coefficient (Wildman–Crippen LogP) is 4.23. The minimum Gasteiger partial charge on any atom is -0.507 e. The Morgan fingerprint density at radius 1 is 1.09 bits per heavy atom. The van der Waals surface area contributed by atoms with E-state index in [0.29, 0.717) is 23.9 Å². The van der Waals surface area contributed by atoms with Crippen LogP contribution in [0, 0.1) is 5.82 Å². The average molecular weight is 477 g/mol. The largest absolute Gasteiger partial charge is 0.507 e. The van der Waals surface area contributed by atoms with Crippen LogP contribution in [0.5, 0.6) is 17.2 Å². The molecule has 1 atom stereocenters. The van der Waals surface area contributed by atoms with Crippen molar-refractivity contribution in [2.45, 2.75) is 18.8 Å². The molecule has 7 nitrogen and oxygen atoms in total. The quantitative estimate of drug-likeness (QED) is 0.328. The number of aromatic hydroxyl groups is 2. The highest BCUT2D eigenvalue weighted by Gasteiger charge is 2.27. The number of rotatable bonds is 8. The lowest BCUT2D eigenvalue weighted by Gasteiger charge is -2.19. The van der Waals surface area contributed by atoms with Gasteiger partial charge < -0.3 is 24.7 Å². The van der Waals surface area contributed by atoms with Gasteiger partial charge in [-0.1, -0.05) is 30.3 Å². The highest BCUT2D eigenvalue weighted by atomic mass is 19.1. The first-order chi connectivity index (χ1) is 16.9. The predicted molar refractivity (Wildman–Crippen MR) is 128 cm³/mol. The van der Waals surface area contributed by atoms with Gasteiger partial charge in [-0.2, -0.15) is 0 Å². The monoisotopic (exact) mass is 477 g/mol. The lowest BCUT2D eigenvalue weighted by molar-refractivity contribution is -0.121. The van der Waals surface area contributed by atoms with Crippen molar-refractivity contribution in [2.75, 3.05) is 13.7 Å². The fraction of sp³-hybridized carbons (Fsp3) is 0.185. The van der Waals surface area contributed by atoms with Gasteiger partial charge in [-0.05, 0) is 53.9 Å². The standard InChI is InChI=1S/C27H24FNO6/c1-34-23-11-8-17(14-21(23)30)20(15-24(31)29-13-12-16-6-9-18(28)10-7-16)25-26(32)19-4-2-3-5-22(19)35-27(25)33/h2-11,14,20,30,32H,12-13,15H2,1H3,(H,29,31). The number of carbonyl (C=O) groups excluding carboxylic acids is 1. The Bertz CT molecular complexity index is 1410. The van der Waals surface area contributed by atoms with Gasteiger partial charge in [-0.3, -0.25) is 4.79 Å². The van der Waals surface area contributed by atoms with Crippen LogP contribution in [0.25, 0.3) is 11.0 Å². The molecule has 0 fully saturated rings. The zero-order valence-electron chi connectivity index (χ0n) is 19.0. The number of methoxy groups -OCH3 is 1. The van der Waals surface area contributed by atoms with Gasteiger partial charge in [0.2, 0.25) is 5.91 Å². The van der Waals surface area contributed by atoms with Crippen molar-refractivity contribution in [3.05, 3.63) is 99.7 Å². The molecule has 3 N–H and O–H groups in total. The Morgan fingerprint density at radius 2 is 1.83 bits per heavy atom. The number of carbonyl (C=O) groups is 1. The number of hydrogen-bond acceptors (Lipinski definition) is 6. The Hall–Kier alpha value is -4.33. The van der Waals surface area contributed by atoms with E-state index < -0.39 is 11.5 Å². The maximum Gasteiger partial charge on any atom is 0.343 e. The molecule has 4 aromatic rings. The van der Waals surface area contributed by atoms with Crippen LogP contribution in [-0.4, -0.2) is 29.8 Å². The van der Waals surface area contributed by atoms with Crippen molar-refractivity contribution in [3.8, 4) is 17.2 Å². The van der Waals surface area contributed by atoms with Crippen molar-refractivity contribution >= 4 is 16.9 Å². The van der Waals surface area contributed by atoms with Crippen LogP contribution >= 0.6 is 0 Å². The summed E-state index contributed by atoms with van der Waals surface area (Å²) in [7, 11) is 1.41. The average Bonchev–Trinajstić information content (AvgIpc) is 2.84. The summed E-state index contributed by atoms with van der Waals surface area (Å²) < 4.78 is 23.6. The first kappa shape index (κ1) is 23.8. The first-order valence-electron chi connectivity index (χ1n) is 11.0. The molecule has 35 heavy (non-hydrogen) atoms. The summed E-state index contributed by atoms with van der Waals surface area (Å²) in [6.07, 6.45) is 0.301.